The molecule has 1 saturated carbocycles. The Morgan fingerprint density at radius 2 is 2.05 bits per heavy atom. The number of methoxy groups -OCH3 is 1. The molecule has 3 rings (SSSR count). The van der Waals surface area contributed by atoms with Crippen LogP contribution in [0.1, 0.15) is 37.2 Å². The van der Waals surface area contributed by atoms with E-state index in [2.05, 4.69) is 23.5 Å². The Hall–Kier alpha value is -1.06. The fourth-order valence-electron chi connectivity index (χ4n) is 3.22. The first-order valence-electron chi connectivity index (χ1n) is 7.33. The van der Waals surface area contributed by atoms with Crippen molar-refractivity contribution in [2.45, 2.75) is 43.7 Å². The molecule has 104 valence electrons. The normalized spacial score (nSPS) is 30.7. The second-order valence-corrected chi connectivity index (χ2v) is 5.69. The molecule has 0 radical (unpaired) electrons. The van der Waals surface area contributed by atoms with Gasteiger partial charge in [0.2, 0.25) is 0 Å². The lowest BCUT2D eigenvalue weighted by molar-refractivity contribution is 0.0600. The quantitative estimate of drug-likeness (QED) is 0.904. The van der Waals surface area contributed by atoms with Crippen molar-refractivity contribution in [3.05, 3.63) is 29.8 Å². The molecule has 1 aromatic rings. The highest BCUT2D eigenvalue weighted by Gasteiger charge is 2.33. The Morgan fingerprint density at radius 3 is 2.79 bits per heavy atom. The SMILES string of the molecule is COc1ccccc1C1CC(NC2CCCOC2)C1. The molecule has 1 heterocycles. The summed E-state index contributed by atoms with van der Waals surface area (Å²) in [6.45, 7) is 1.82. The predicted octanol–water partition coefficient (Wildman–Crippen LogP) is 2.71. The van der Waals surface area contributed by atoms with Gasteiger partial charge in [-0.2, -0.15) is 0 Å². The summed E-state index contributed by atoms with van der Waals surface area (Å²) in [5.74, 6) is 1.69. The van der Waals surface area contributed by atoms with Crippen molar-refractivity contribution in [2.24, 2.45) is 0 Å². The van der Waals surface area contributed by atoms with Crippen LogP contribution in [0.4, 0.5) is 0 Å². The average Bonchev–Trinajstić information content (AvgIpc) is 2.43. The van der Waals surface area contributed by atoms with Gasteiger partial charge in [0.25, 0.3) is 0 Å². The summed E-state index contributed by atoms with van der Waals surface area (Å²) < 4.78 is 11.0. The van der Waals surface area contributed by atoms with Gasteiger partial charge >= 0.3 is 0 Å². The molecule has 2 aliphatic rings. The van der Waals surface area contributed by atoms with Crippen molar-refractivity contribution in [3.8, 4) is 5.75 Å². The van der Waals surface area contributed by atoms with E-state index in [1.165, 1.54) is 31.2 Å². The molecule has 19 heavy (non-hydrogen) atoms. The number of hydrogen-bond acceptors (Lipinski definition) is 3. The van der Waals surface area contributed by atoms with Crippen molar-refractivity contribution in [1.82, 2.24) is 5.32 Å². The molecule has 1 N–H and O–H groups in total. The molecule has 1 aromatic carbocycles. The van der Waals surface area contributed by atoms with Crippen molar-refractivity contribution < 1.29 is 9.47 Å². The van der Waals surface area contributed by atoms with Gasteiger partial charge in [0.15, 0.2) is 0 Å². The molecule has 1 saturated heterocycles. The summed E-state index contributed by atoms with van der Waals surface area (Å²) in [6.07, 6.45) is 4.89. The zero-order valence-electron chi connectivity index (χ0n) is 11.6. The molecule has 0 aromatic heterocycles. The second-order valence-electron chi connectivity index (χ2n) is 5.69. The number of para-hydroxylation sites is 1. The van der Waals surface area contributed by atoms with Crippen molar-refractivity contribution >= 4 is 0 Å². The molecule has 1 aliphatic heterocycles. The average molecular weight is 261 g/mol. The van der Waals surface area contributed by atoms with Gasteiger partial charge in [-0.05, 0) is 43.2 Å². The molecule has 1 atom stereocenters. The molecule has 1 aliphatic carbocycles. The van der Waals surface area contributed by atoms with Gasteiger partial charge in [0.1, 0.15) is 5.75 Å². The monoisotopic (exact) mass is 261 g/mol. The van der Waals surface area contributed by atoms with Crippen LogP contribution in [-0.2, 0) is 4.74 Å². The fourth-order valence-corrected chi connectivity index (χ4v) is 3.22. The Labute approximate surface area is 115 Å². The lowest BCUT2D eigenvalue weighted by Gasteiger charge is -2.40. The van der Waals surface area contributed by atoms with E-state index < -0.39 is 0 Å². The van der Waals surface area contributed by atoms with Crippen LogP contribution in [0, 0.1) is 0 Å². The van der Waals surface area contributed by atoms with E-state index in [0.29, 0.717) is 18.0 Å². The van der Waals surface area contributed by atoms with Gasteiger partial charge < -0.3 is 14.8 Å². The summed E-state index contributed by atoms with van der Waals surface area (Å²) in [5, 5.41) is 3.73. The topological polar surface area (TPSA) is 30.5 Å². The first kappa shape index (κ1) is 12.9. The summed E-state index contributed by atoms with van der Waals surface area (Å²) >= 11 is 0. The molecule has 3 nitrogen and oxygen atoms in total. The Morgan fingerprint density at radius 1 is 1.21 bits per heavy atom. The van der Waals surface area contributed by atoms with Gasteiger partial charge in [0.05, 0.1) is 13.7 Å². The van der Waals surface area contributed by atoms with Crippen molar-refractivity contribution in [1.29, 1.82) is 0 Å². The highest BCUT2D eigenvalue weighted by atomic mass is 16.5. The standard InChI is InChI=1S/C16H23NO2/c1-18-16-7-3-2-6-15(16)12-9-14(10-12)17-13-5-4-8-19-11-13/h2-3,6-7,12-14,17H,4-5,8-11H2,1H3. The summed E-state index contributed by atoms with van der Waals surface area (Å²) in [4.78, 5) is 0. The lowest BCUT2D eigenvalue weighted by atomic mass is 9.75. The van der Waals surface area contributed by atoms with E-state index in [-0.39, 0.29) is 0 Å². The van der Waals surface area contributed by atoms with E-state index in [1.54, 1.807) is 7.11 Å². The fraction of sp³-hybridized carbons (Fsp3) is 0.625. The molecular weight excluding hydrogens is 238 g/mol. The van der Waals surface area contributed by atoms with E-state index in [9.17, 15) is 0 Å². The molecule has 0 spiro atoms. The maximum absolute atomic E-state index is 5.52. The van der Waals surface area contributed by atoms with E-state index in [0.717, 1.165) is 19.0 Å². The first-order chi connectivity index (χ1) is 9.36. The minimum atomic E-state index is 0.567. The Bertz CT molecular complexity index is 409. The number of ether oxygens (including phenoxy) is 2. The van der Waals surface area contributed by atoms with Gasteiger partial charge in [-0.1, -0.05) is 18.2 Å². The number of hydrogen-bond donors (Lipinski definition) is 1. The van der Waals surface area contributed by atoms with Crippen LogP contribution in [0.3, 0.4) is 0 Å². The van der Waals surface area contributed by atoms with Crippen LogP contribution in [0.25, 0.3) is 0 Å². The van der Waals surface area contributed by atoms with E-state index in [4.69, 9.17) is 9.47 Å². The van der Waals surface area contributed by atoms with Gasteiger partial charge in [-0.25, -0.2) is 0 Å². The smallest absolute Gasteiger partial charge is 0.122 e. The minimum absolute atomic E-state index is 0.567. The predicted molar refractivity (Wildman–Crippen MR) is 75.7 cm³/mol. The van der Waals surface area contributed by atoms with Crippen LogP contribution in [-0.4, -0.2) is 32.4 Å². The number of nitrogens with one attached hydrogen (secondary N) is 1. The third kappa shape index (κ3) is 2.93. The molecule has 0 bridgehead atoms. The van der Waals surface area contributed by atoms with E-state index >= 15 is 0 Å². The second kappa shape index (κ2) is 5.93. The molecule has 1 unspecified atom stereocenters. The van der Waals surface area contributed by atoms with Crippen LogP contribution in [0.15, 0.2) is 24.3 Å². The molecular formula is C16H23NO2. The van der Waals surface area contributed by atoms with Gasteiger partial charge in [-0.15, -0.1) is 0 Å². The van der Waals surface area contributed by atoms with Crippen molar-refractivity contribution in [2.75, 3.05) is 20.3 Å². The maximum atomic E-state index is 5.52. The Balaban J connectivity index is 1.51. The summed E-state index contributed by atoms with van der Waals surface area (Å²) in [7, 11) is 1.76. The van der Waals surface area contributed by atoms with Gasteiger partial charge in [-0.3, -0.25) is 0 Å². The lowest BCUT2D eigenvalue weighted by Crippen LogP contribution is -2.48. The molecule has 3 heteroatoms. The zero-order chi connectivity index (χ0) is 13.1. The largest absolute Gasteiger partial charge is 0.496 e. The maximum Gasteiger partial charge on any atom is 0.122 e. The third-order valence-corrected chi connectivity index (χ3v) is 4.35. The van der Waals surface area contributed by atoms with Crippen LogP contribution in [0.5, 0.6) is 5.75 Å². The van der Waals surface area contributed by atoms with Crippen LogP contribution < -0.4 is 10.1 Å². The first-order valence-corrected chi connectivity index (χ1v) is 7.33. The third-order valence-electron chi connectivity index (χ3n) is 4.35. The Kier molecular flexibility index (Phi) is 4.04. The molecule has 0 amide bonds. The zero-order valence-corrected chi connectivity index (χ0v) is 11.6. The van der Waals surface area contributed by atoms with Crippen LogP contribution in [0.2, 0.25) is 0 Å². The van der Waals surface area contributed by atoms with E-state index in [1.807, 2.05) is 6.07 Å². The summed E-state index contributed by atoms with van der Waals surface area (Å²) in [6, 6.07) is 9.62. The highest BCUT2D eigenvalue weighted by molar-refractivity contribution is 5.37. The number of benzene rings is 1. The highest BCUT2D eigenvalue weighted by Crippen LogP contribution is 2.41. The van der Waals surface area contributed by atoms with Crippen molar-refractivity contribution in [3.63, 3.8) is 0 Å². The van der Waals surface area contributed by atoms with Crippen LogP contribution >= 0.6 is 0 Å². The molecule has 2 fully saturated rings. The minimum Gasteiger partial charge on any atom is -0.496 e. The number of rotatable bonds is 4. The summed E-state index contributed by atoms with van der Waals surface area (Å²) in [5.41, 5.74) is 1.36. The van der Waals surface area contributed by atoms with Gasteiger partial charge in [0, 0.05) is 18.7 Å².